The zero-order chi connectivity index (χ0) is 18.0. The van der Waals surface area contributed by atoms with Gasteiger partial charge >= 0.3 is 0 Å². The molecule has 1 saturated heterocycles. The zero-order valence-electron chi connectivity index (χ0n) is 15.6. The topological polar surface area (TPSA) is 82.8 Å². The number of ether oxygens (including phenoxy) is 3. The smallest absolute Gasteiger partial charge is 0.249 e. The molecule has 2 fully saturated rings. The molecule has 150 valence electrons. The summed E-state index contributed by atoms with van der Waals surface area (Å²) >= 11 is 0. The number of nitrogens with one attached hydrogen (secondary N) is 1. The van der Waals surface area contributed by atoms with Crippen LogP contribution in [0.1, 0.15) is 50.5 Å². The normalized spacial score (nSPS) is 25.7. The van der Waals surface area contributed by atoms with Gasteiger partial charge in [-0.3, -0.25) is 4.79 Å². The van der Waals surface area contributed by atoms with Crippen LogP contribution in [0.2, 0.25) is 0 Å². The summed E-state index contributed by atoms with van der Waals surface area (Å²) < 4.78 is 16.7. The minimum absolute atomic E-state index is 0. The number of fused-ring (bicyclic) bond motifs is 1. The van der Waals surface area contributed by atoms with Crippen molar-refractivity contribution < 1.29 is 19.0 Å². The van der Waals surface area contributed by atoms with Crippen molar-refractivity contribution in [2.24, 2.45) is 5.73 Å². The molecule has 1 aromatic rings. The van der Waals surface area contributed by atoms with E-state index in [2.05, 4.69) is 17.4 Å². The molecular formula is C20H29ClN2O4. The first kappa shape index (κ1) is 20.2. The van der Waals surface area contributed by atoms with E-state index in [-0.39, 0.29) is 42.7 Å². The van der Waals surface area contributed by atoms with Gasteiger partial charge in [0.1, 0.15) is 6.10 Å². The van der Waals surface area contributed by atoms with Crippen LogP contribution < -0.4 is 20.5 Å². The molecule has 2 heterocycles. The van der Waals surface area contributed by atoms with Crippen LogP contribution in [0.25, 0.3) is 0 Å². The van der Waals surface area contributed by atoms with E-state index in [1.807, 2.05) is 6.07 Å². The third kappa shape index (κ3) is 4.18. The van der Waals surface area contributed by atoms with Crippen LogP contribution in [0.15, 0.2) is 18.2 Å². The third-order valence-electron chi connectivity index (χ3n) is 6.06. The second-order valence-corrected chi connectivity index (χ2v) is 7.69. The monoisotopic (exact) mass is 396 g/mol. The highest BCUT2D eigenvalue weighted by Gasteiger charge is 2.37. The van der Waals surface area contributed by atoms with Crippen molar-refractivity contribution in [2.75, 3.05) is 19.9 Å². The zero-order valence-corrected chi connectivity index (χ0v) is 16.4. The van der Waals surface area contributed by atoms with Gasteiger partial charge in [-0.2, -0.15) is 0 Å². The molecule has 0 spiro atoms. The standard InChI is InChI=1S/C20H28N2O4.ClH/c21-11-15-5-7-17(26-15)19(23)22-12-20(8-2-1-3-9-20)14-4-6-16-18(10-14)25-13-24-16;/h4,6,10,15,17H,1-3,5,7-9,11-13,21H2,(H,22,23);1H/t15-,17+;/m1./s1. The lowest BCUT2D eigenvalue weighted by Crippen LogP contribution is -2.45. The molecule has 3 aliphatic rings. The van der Waals surface area contributed by atoms with Gasteiger partial charge in [-0.05, 0) is 43.4 Å². The summed E-state index contributed by atoms with van der Waals surface area (Å²) in [5.74, 6) is 1.60. The van der Waals surface area contributed by atoms with E-state index in [1.165, 1.54) is 24.8 Å². The minimum Gasteiger partial charge on any atom is -0.454 e. The van der Waals surface area contributed by atoms with Crippen LogP contribution in [-0.2, 0) is 14.9 Å². The maximum Gasteiger partial charge on any atom is 0.249 e. The highest BCUT2D eigenvalue weighted by atomic mass is 35.5. The molecule has 1 amide bonds. The van der Waals surface area contributed by atoms with Gasteiger partial charge in [0.15, 0.2) is 11.5 Å². The SMILES string of the molecule is Cl.NC[C@H]1CC[C@@H](C(=O)NCC2(c3ccc4c(c3)OCO4)CCCCC2)O1. The summed E-state index contributed by atoms with van der Waals surface area (Å²) in [5, 5.41) is 3.17. The van der Waals surface area contributed by atoms with E-state index in [0.29, 0.717) is 13.1 Å². The maximum absolute atomic E-state index is 12.6. The summed E-state index contributed by atoms with van der Waals surface area (Å²) in [6.07, 6.45) is 7.04. The Bertz CT molecular complexity index is 663. The minimum atomic E-state index is -0.360. The summed E-state index contributed by atoms with van der Waals surface area (Å²) in [5.41, 5.74) is 6.84. The first-order valence-electron chi connectivity index (χ1n) is 9.74. The Labute approximate surface area is 166 Å². The van der Waals surface area contributed by atoms with Gasteiger partial charge in [-0.15, -0.1) is 12.4 Å². The van der Waals surface area contributed by atoms with Crippen LogP contribution in [0, 0.1) is 0 Å². The molecule has 1 saturated carbocycles. The Morgan fingerprint density at radius 2 is 1.93 bits per heavy atom. The number of hydrogen-bond acceptors (Lipinski definition) is 5. The molecule has 1 aromatic carbocycles. The molecule has 27 heavy (non-hydrogen) atoms. The number of carbonyl (C=O) groups excluding carboxylic acids is 1. The molecule has 1 aliphatic carbocycles. The van der Waals surface area contributed by atoms with Crippen molar-refractivity contribution in [3.05, 3.63) is 23.8 Å². The van der Waals surface area contributed by atoms with Gasteiger partial charge in [-0.25, -0.2) is 0 Å². The van der Waals surface area contributed by atoms with Crippen molar-refractivity contribution in [1.29, 1.82) is 0 Å². The van der Waals surface area contributed by atoms with E-state index in [1.54, 1.807) is 0 Å². The Morgan fingerprint density at radius 1 is 1.15 bits per heavy atom. The summed E-state index contributed by atoms with van der Waals surface area (Å²) in [7, 11) is 0. The van der Waals surface area contributed by atoms with E-state index in [4.69, 9.17) is 19.9 Å². The van der Waals surface area contributed by atoms with Crippen LogP contribution in [-0.4, -0.2) is 38.0 Å². The van der Waals surface area contributed by atoms with E-state index in [9.17, 15) is 4.79 Å². The summed E-state index contributed by atoms with van der Waals surface area (Å²) in [4.78, 5) is 12.6. The number of nitrogens with two attached hydrogens (primary N) is 1. The molecule has 0 bridgehead atoms. The van der Waals surface area contributed by atoms with Crippen molar-refractivity contribution in [3.63, 3.8) is 0 Å². The molecule has 0 aromatic heterocycles. The number of hydrogen-bond donors (Lipinski definition) is 2. The van der Waals surface area contributed by atoms with Crippen LogP contribution in [0.4, 0.5) is 0 Å². The number of halogens is 1. The van der Waals surface area contributed by atoms with Crippen molar-refractivity contribution in [1.82, 2.24) is 5.32 Å². The second kappa shape index (κ2) is 8.67. The quantitative estimate of drug-likeness (QED) is 0.799. The van der Waals surface area contributed by atoms with Crippen molar-refractivity contribution in [2.45, 2.75) is 62.6 Å². The van der Waals surface area contributed by atoms with Crippen LogP contribution >= 0.6 is 12.4 Å². The molecule has 6 nitrogen and oxygen atoms in total. The van der Waals surface area contributed by atoms with Crippen molar-refractivity contribution >= 4 is 18.3 Å². The van der Waals surface area contributed by atoms with E-state index >= 15 is 0 Å². The molecule has 2 aliphatic heterocycles. The van der Waals surface area contributed by atoms with Gasteiger partial charge in [-0.1, -0.05) is 25.3 Å². The van der Waals surface area contributed by atoms with Crippen LogP contribution in [0.3, 0.4) is 0 Å². The predicted molar refractivity (Wildman–Crippen MR) is 105 cm³/mol. The number of benzene rings is 1. The van der Waals surface area contributed by atoms with Crippen LogP contribution in [0.5, 0.6) is 11.5 Å². The number of amides is 1. The molecular weight excluding hydrogens is 368 g/mol. The predicted octanol–water partition coefficient (Wildman–Crippen LogP) is 2.66. The second-order valence-electron chi connectivity index (χ2n) is 7.69. The lowest BCUT2D eigenvalue weighted by Gasteiger charge is -2.38. The molecule has 0 unspecified atom stereocenters. The lowest BCUT2D eigenvalue weighted by atomic mass is 9.69. The maximum atomic E-state index is 12.6. The average Bonchev–Trinajstić information content (AvgIpc) is 3.35. The fraction of sp³-hybridized carbons (Fsp3) is 0.650. The molecule has 3 N–H and O–H groups in total. The Balaban J connectivity index is 0.00000210. The Hall–Kier alpha value is -1.50. The third-order valence-corrected chi connectivity index (χ3v) is 6.06. The first-order chi connectivity index (χ1) is 12.7. The molecule has 4 rings (SSSR count). The summed E-state index contributed by atoms with van der Waals surface area (Å²) in [6.45, 7) is 1.40. The van der Waals surface area contributed by atoms with Gasteiger partial charge in [0.2, 0.25) is 12.7 Å². The fourth-order valence-electron chi connectivity index (χ4n) is 4.46. The molecule has 7 heteroatoms. The lowest BCUT2D eigenvalue weighted by molar-refractivity contribution is -0.132. The summed E-state index contributed by atoms with van der Waals surface area (Å²) in [6, 6.07) is 6.21. The highest BCUT2D eigenvalue weighted by Crippen LogP contribution is 2.43. The fourth-order valence-corrected chi connectivity index (χ4v) is 4.46. The van der Waals surface area contributed by atoms with Gasteiger partial charge in [0.25, 0.3) is 0 Å². The number of carbonyl (C=O) groups is 1. The first-order valence-corrected chi connectivity index (χ1v) is 9.74. The van der Waals surface area contributed by atoms with Gasteiger partial charge in [0.05, 0.1) is 6.10 Å². The average molecular weight is 397 g/mol. The van der Waals surface area contributed by atoms with E-state index in [0.717, 1.165) is 37.2 Å². The van der Waals surface area contributed by atoms with Gasteiger partial charge < -0.3 is 25.3 Å². The largest absolute Gasteiger partial charge is 0.454 e. The Morgan fingerprint density at radius 3 is 2.67 bits per heavy atom. The molecule has 2 atom stereocenters. The molecule has 0 radical (unpaired) electrons. The highest BCUT2D eigenvalue weighted by molar-refractivity contribution is 5.85. The van der Waals surface area contributed by atoms with Crippen molar-refractivity contribution in [3.8, 4) is 11.5 Å². The number of rotatable bonds is 5. The Kier molecular flexibility index (Phi) is 6.50. The van der Waals surface area contributed by atoms with Gasteiger partial charge in [0, 0.05) is 18.5 Å². The van der Waals surface area contributed by atoms with E-state index < -0.39 is 0 Å².